The van der Waals surface area contributed by atoms with Gasteiger partial charge in [-0.1, -0.05) is 30.3 Å². The molecule has 4 aromatic rings. The fourth-order valence-electron chi connectivity index (χ4n) is 4.21. The summed E-state index contributed by atoms with van der Waals surface area (Å²) in [5.41, 5.74) is 4.93. The van der Waals surface area contributed by atoms with Crippen molar-refractivity contribution in [2.45, 2.75) is 59.9 Å². The number of aromatic nitrogens is 4. The molecule has 0 aliphatic carbocycles. The highest BCUT2D eigenvalue weighted by molar-refractivity contribution is 5.84. The topological polar surface area (TPSA) is 157 Å². The van der Waals surface area contributed by atoms with Gasteiger partial charge < -0.3 is 25.1 Å². The SMILES string of the molecule is CC(=O)OC(=O)CC(Cn1cc(C)c(NCc2nc3cc(C)c(C)cc3[nH]2)nc1=O)NC(=O)OCc1ccccc1. The molecule has 2 heterocycles. The standard InChI is InChI=1S/C29H32N6O6/c1-17-10-23-24(11-18(17)2)33-25(32-23)13-30-27-19(3)14-35(28(38)34-27)15-22(12-26(37)41-20(4)36)31-29(39)40-16-21-8-6-5-7-9-21/h5-11,14,22H,12-13,15-16H2,1-4H3,(H,31,39)(H,32,33)(H,30,34,38). The van der Waals surface area contributed by atoms with E-state index in [1.54, 1.807) is 25.3 Å². The zero-order chi connectivity index (χ0) is 29.5. The predicted molar refractivity (Wildman–Crippen MR) is 151 cm³/mol. The van der Waals surface area contributed by atoms with Gasteiger partial charge in [0.05, 0.1) is 30.0 Å². The molecule has 3 N–H and O–H groups in total. The predicted octanol–water partition coefficient (Wildman–Crippen LogP) is 3.43. The first-order chi connectivity index (χ1) is 19.6. The molecule has 4 rings (SSSR count). The molecule has 41 heavy (non-hydrogen) atoms. The Labute approximate surface area is 236 Å². The van der Waals surface area contributed by atoms with E-state index in [-0.39, 0.29) is 19.6 Å². The smallest absolute Gasteiger partial charge is 0.407 e. The first-order valence-electron chi connectivity index (χ1n) is 13.0. The second-order valence-electron chi connectivity index (χ2n) is 9.77. The van der Waals surface area contributed by atoms with Gasteiger partial charge in [-0.3, -0.25) is 14.2 Å². The molecule has 1 amide bonds. The summed E-state index contributed by atoms with van der Waals surface area (Å²) in [4.78, 5) is 60.8. The maximum Gasteiger partial charge on any atom is 0.407 e. The summed E-state index contributed by atoms with van der Waals surface area (Å²) in [7, 11) is 0. The Balaban J connectivity index is 1.44. The summed E-state index contributed by atoms with van der Waals surface area (Å²) in [6, 6.07) is 12.2. The van der Waals surface area contributed by atoms with Crippen LogP contribution in [0.15, 0.2) is 53.5 Å². The quantitative estimate of drug-likeness (QED) is 0.195. The number of hydrogen-bond acceptors (Lipinski definition) is 9. The number of carbonyl (C=O) groups is 3. The molecule has 2 aromatic heterocycles. The number of hydrogen-bond donors (Lipinski definition) is 3. The van der Waals surface area contributed by atoms with Gasteiger partial charge in [0.1, 0.15) is 18.2 Å². The number of H-pyrrole nitrogens is 1. The number of esters is 2. The normalized spacial score (nSPS) is 11.6. The highest BCUT2D eigenvalue weighted by Gasteiger charge is 2.21. The van der Waals surface area contributed by atoms with Gasteiger partial charge in [0.25, 0.3) is 0 Å². The van der Waals surface area contributed by atoms with E-state index in [0.717, 1.165) is 34.6 Å². The van der Waals surface area contributed by atoms with Crippen molar-refractivity contribution in [2.24, 2.45) is 0 Å². The molecular formula is C29H32N6O6. The average Bonchev–Trinajstić information content (AvgIpc) is 3.30. The van der Waals surface area contributed by atoms with Crippen LogP contribution >= 0.6 is 0 Å². The van der Waals surface area contributed by atoms with Crippen molar-refractivity contribution in [3.05, 3.63) is 87.2 Å². The number of nitrogens with one attached hydrogen (secondary N) is 3. The zero-order valence-corrected chi connectivity index (χ0v) is 23.3. The highest BCUT2D eigenvalue weighted by atomic mass is 16.6. The minimum Gasteiger partial charge on any atom is -0.445 e. The van der Waals surface area contributed by atoms with Gasteiger partial charge in [0, 0.05) is 25.2 Å². The van der Waals surface area contributed by atoms with Crippen LogP contribution in [0.2, 0.25) is 0 Å². The maximum atomic E-state index is 12.9. The first kappa shape index (κ1) is 29.0. The van der Waals surface area contributed by atoms with Gasteiger partial charge in [-0.25, -0.2) is 14.6 Å². The first-order valence-corrected chi connectivity index (χ1v) is 13.0. The molecule has 0 aliphatic rings. The Kier molecular flexibility index (Phi) is 9.12. The molecule has 12 heteroatoms. The van der Waals surface area contributed by atoms with Crippen molar-refractivity contribution < 1.29 is 23.9 Å². The molecule has 0 spiro atoms. The van der Waals surface area contributed by atoms with Gasteiger partial charge in [-0.15, -0.1) is 0 Å². The van der Waals surface area contributed by atoms with Crippen molar-refractivity contribution in [1.29, 1.82) is 0 Å². The fraction of sp³-hybridized carbons (Fsp3) is 0.310. The van der Waals surface area contributed by atoms with Crippen molar-refractivity contribution in [3.63, 3.8) is 0 Å². The van der Waals surface area contributed by atoms with Crippen LogP contribution in [0.4, 0.5) is 10.6 Å². The molecule has 0 aliphatic heterocycles. The second kappa shape index (κ2) is 12.9. The van der Waals surface area contributed by atoms with Crippen molar-refractivity contribution in [3.8, 4) is 0 Å². The van der Waals surface area contributed by atoms with E-state index in [4.69, 9.17) is 4.74 Å². The molecule has 0 fully saturated rings. The van der Waals surface area contributed by atoms with E-state index in [1.807, 2.05) is 44.2 Å². The van der Waals surface area contributed by atoms with Crippen LogP contribution in [-0.4, -0.2) is 43.6 Å². The lowest BCUT2D eigenvalue weighted by Gasteiger charge is -2.19. The van der Waals surface area contributed by atoms with E-state index >= 15 is 0 Å². The van der Waals surface area contributed by atoms with Crippen LogP contribution < -0.4 is 16.3 Å². The van der Waals surface area contributed by atoms with E-state index in [9.17, 15) is 19.2 Å². The maximum absolute atomic E-state index is 12.9. The monoisotopic (exact) mass is 560 g/mol. The number of aromatic amines is 1. The molecule has 0 saturated carbocycles. The average molecular weight is 561 g/mol. The van der Waals surface area contributed by atoms with E-state index in [2.05, 4.69) is 30.3 Å². The van der Waals surface area contributed by atoms with E-state index in [0.29, 0.717) is 23.8 Å². The second-order valence-corrected chi connectivity index (χ2v) is 9.77. The number of ether oxygens (including phenoxy) is 2. The number of nitrogens with zero attached hydrogens (tertiary/aromatic N) is 3. The van der Waals surface area contributed by atoms with Crippen molar-refractivity contribution in [1.82, 2.24) is 24.8 Å². The molecular weight excluding hydrogens is 528 g/mol. The third kappa shape index (κ3) is 8.01. The number of benzene rings is 2. The number of amides is 1. The largest absolute Gasteiger partial charge is 0.445 e. The minimum absolute atomic E-state index is 0.0166. The molecule has 214 valence electrons. The third-order valence-corrected chi connectivity index (χ3v) is 6.37. The highest BCUT2D eigenvalue weighted by Crippen LogP contribution is 2.18. The Morgan fingerprint density at radius 1 is 1.02 bits per heavy atom. The summed E-state index contributed by atoms with van der Waals surface area (Å²) < 4.78 is 11.1. The lowest BCUT2D eigenvalue weighted by Crippen LogP contribution is -2.42. The van der Waals surface area contributed by atoms with Gasteiger partial charge in [-0.2, -0.15) is 4.98 Å². The summed E-state index contributed by atoms with van der Waals surface area (Å²) in [5.74, 6) is -0.558. The molecule has 0 bridgehead atoms. The van der Waals surface area contributed by atoms with Gasteiger partial charge >= 0.3 is 23.7 Å². The summed E-state index contributed by atoms with van der Waals surface area (Å²) >= 11 is 0. The van der Waals surface area contributed by atoms with Crippen molar-refractivity contribution in [2.75, 3.05) is 5.32 Å². The molecule has 12 nitrogen and oxygen atoms in total. The van der Waals surface area contributed by atoms with Crippen LogP contribution in [0, 0.1) is 20.8 Å². The Morgan fingerprint density at radius 2 is 1.76 bits per heavy atom. The number of carbonyl (C=O) groups excluding carboxylic acids is 3. The van der Waals surface area contributed by atoms with Gasteiger partial charge in [-0.05, 0) is 49.6 Å². The number of fused-ring (bicyclic) bond motifs is 1. The Hall–Kier alpha value is -5.00. The lowest BCUT2D eigenvalue weighted by atomic mass is 10.1. The van der Waals surface area contributed by atoms with E-state index in [1.165, 1.54) is 4.57 Å². The van der Waals surface area contributed by atoms with Crippen LogP contribution in [0.25, 0.3) is 11.0 Å². The molecule has 0 saturated heterocycles. The van der Waals surface area contributed by atoms with Crippen LogP contribution in [0.5, 0.6) is 0 Å². The number of imidazole rings is 1. The molecule has 2 aromatic carbocycles. The van der Waals surface area contributed by atoms with Crippen LogP contribution in [0.1, 0.15) is 41.4 Å². The summed E-state index contributed by atoms with van der Waals surface area (Å²) in [6.07, 6.45) is 0.418. The number of alkyl carbamates (subject to hydrolysis) is 1. The minimum atomic E-state index is -0.912. The molecule has 0 radical (unpaired) electrons. The summed E-state index contributed by atoms with van der Waals surface area (Å²) in [5, 5.41) is 5.72. The molecule has 1 atom stereocenters. The lowest BCUT2D eigenvalue weighted by molar-refractivity contribution is -0.158. The van der Waals surface area contributed by atoms with Crippen LogP contribution in [-0.2, 0) is 38.8 Å². The Morgan fingerprint density at radius 3 is 2.49 bits per heavy atom. The zero-order valence-electron chi connectivity index (χ0n) is 23.3. The number of rotatable bonds is 10. The van der Waals surface area contributed by atoms with Crippen LogP contribution in [0.3, 0.4) is 0 Å². The summed E-state index contributed by atoms with van der Waals surface area (Å²) in [6.45, 7) is 7.17. The third-order valence-electron chi connectivity index (χ3n) is 6.37. The van der Waals surface area contributed by atoms with E-state index < -0.39 is 29.8 Å². The molecule has 1 unspecified atom stereocenters. The fourth-order valence-corrected chi connectivity index (χ4v) is 4.21. The van der Waals surface area contributed by atoms with Crippen molar-refractivity contribution >= 4 is 34.9 Å². The number of anilines is 1. The number of aryl methyl sites for hydroxylation is 3. The van der Waals surface area contributed by atoms with Gasteiger partial charge in [0.2, 0.25) is 0 Å². The Bertz CT molecular complexity index is 1590. The van der Waals surface area contributed by atoms with Gasteiger partial charge in [0.15, 0.2) is 0 Å².